The normalized spacial score (nSPS) is 28.9. The Morgan fingerprint density at radius 1 is 1.35 bits per heavy atom. The molecule has 1 saturated carbocycles. The van der Waals surface area contributed by atoms with Gasteiger partial charge in [-0.1, -0.05) is 43.2 Å². The van der Waals surface area contributed by atoms with Crippen LogP contribution in [0, 0.1) is 5.92 Å². The molecule has 1 aromatic carbocycles. The van der Waals surface area contributed by atoms with Crippen LogP contribution in [0.5, 0.6) is 0 Å². The van der Waals surface area contributed by atoms with Gasteiger partial charge in [-0.05, 0) is 24.3 Å². The van der Waals surface area contributed by atoms with Crippen LogP contribution in [0.1, 0.15) is 31.2 Å². The zero-order valence-corrected chi connectivity index (χ0v) is 10.4. The zero-order valence-electron chi connectivity index (χ0n) is 10.4. The molecule has 0 N–H and O–H groups in total. The standard InChI is InChI=1S/C15H20O2/c1-17-11-14-9-5-6-10-15(14,12-16)13-7-3-2-4-8-13/h2-4,7-8,12,14H,5-6,9-11H2,1H3/t14?,15-/m1/s1. The summed E-state index contributed by atoms with van der Waals surface area (Å²) in [6, 6.07) is 10.2. The fourth-order valence-corrected chi connectivity index (χ4v) is 3.05. The van der Waals surface area contributed by atoms with Crippen LogP contribution in [-0.4, -0.2) is 20.0 Å². The summed E-state index contributed by atoms with van der Waals surface area (Å²) in [7, 11) is 1.72. The van der Waals surface area contributed by atoms with Crippen molar-refractivity contribution in [3.63, 3.8) is 0 Å². The van der Waals surface area contributed by atoms with E-state index in [9.17, 15) is 4.79 Å². The molecule has 17 heavy (non-hydrogen) atoms. The van der Waals surface area contributed by atoms with Gasteiger partial charge < -0.3 is 9.53 Å². The van der Waals surface area contributed by atoms with Gasteiger partial charge in [0.25, 0.3) is 0 Å². The molecule has 1 aromatic rings. The van der Waals surface area contributed by atoms with E-state index in [1.54, 1.807) is 7.11 Å². The van der Waals surface area contributed by atoms with Crippen LogP contribution < -0.4 is 0 Å². The summed E-state index contributed by atoms with van der Waals surface area (Å²) >= 11 is 0. The first-order chi connectivity index (χ1) is 8.33. The molecular weight excluding hydrogens is 212 g/mol. The Morgan fingerprint density at radius 2 is 2.12 bits per heavy atom. The molecule has 0 spiro atoms. The summed E-state index contributed by atoms with van der Waals surface area (Å²) in [6.45, 7) is 0.674. The second-order valence-electron chi connectivity index (χ2n) is 4.92. The Labute approximate surface area is 103 Å². The lowest BCUT2D eigenvalue weighted by Crippen LogP contribution is -2.41. The van der Waals surface area contributed by atoms with Crippen molar-refractivity contribution in [3.8, 4) is 0 Å². The number of hydrogen-bond donors (Lipinski definition) is 0. The molecule has 2 heteroatoms. The van der Waals surface area contributed by atoms with Crippen LogP contribution in [0.2, 0.25) is 0 Å². The predicted octanol–water partition coefficient (Wildman–Crippen LogP) is 2.96. The molecule has 2 atom stereocenters. The van der Waals surface area contributed by atoms with E-state index in [1.807, 2.05) is 18.2 Å². The lowest BCUT2D eigenvalue weighted by atomic mass is 9.63. The smallest absolute Gasteiger partial charge is 0.130 e. The lowest BCUT2D eigenvalue weighted by molar-refractivity contribution is -0.116. The van der Waals surface area contributed by atoms with Crippen LogP contribution in [-0.2, 0) is 14.9 Å². The first-order valence-corrected chi connectivity index (χ1v) is 6.34. The monoisotopic (exact) mass is 232 g/mol. The predicted molar refractivity (Wildman–Crippen MR) is 68.0 cm³/mol. The summed E-state index contributed by atoms with van der Waals surface area (Å²) in [4.78, 5) is 11.7. The van der Waals surface area contributed by atoms with Gasteiger partial charge >= 0.3 is 0 Å². The van der Waals surface area contributed by atoms with E-state index in [0.717, 1.165) is 31.1 Å². The second kappa shape index (κ2) is 5.46. The Kier molecular flexibility index (Phi) is 3.95. The van der Waals surface area contributed by atoms with Crippen LogP contribution in [0.4, 0.5) is 0 Å². The van der Waals surface area contributed by atoms with E-state index in [4.69, 9.17) is 4.74 Å². The molecule has 1 aliphatic rings. The van der Waals surface area contributed by atoms with Gasteiger partial charge in [-0.15, -0.1) is 0 Å². The summed E-state index contributed by atoms with van der Waals surface area (Å²) in [5.41, 5.74) is 0.826. The topological polar surface area (TPSA) is 26.3 Å². The minimum Gasteiger partial charge on any atom is -0.384 e. The molecule has 0 aromatic heterocycles. The Bertz CT molecular complexity index is 358. The Morgan fingerprint density at radius 3 is 2.76 bits per heavy atom. The van der Waals surface area contributed by atoms with E-state index in [0.29, 0.717) is 12.5 Å². The van der Waals surface area contributed by atoms with Gasteiger partial charge in [0.15, 0.2) is 0 Å². The van der Waals surface area contributed by atoms with Crippen molar-refractivity contribution in [2.75, 3.05) is 13.7 Å². The Hall–Kier alpha value is -1.15. The van der Waals surface area contributed by atoms with Crippen LogP contribution in [0.25, 0.3) is 0 Å². The highest BCUT2D eigenvalue weighted by atomic mass is 16.5. The summed E-state index contributed by atoms with van der Waals surface area (Å²) in [5, 5.41) is 0. The van der Waals surface area contributed by atoms with Crippen LogP contribution in [0.3, 0.4) is 0 Å². The third-order valence-corrected chi connectivity index (χ3v) is 4.01. The number of hydrogen-bond acceptors (Lipinski definition) is 2. The number of methoxy groups -OCH3 is 1. The van der Waals surface area contributed by atoms with Crippen LogP contribution >= 0.6 is 0 Å². The third-order valence-electron chi connectivity index (χ3n) is 4.01. The summed E-state index contributed by atoms with van der Waals surface area (Å²) in [5.74, 6) is 0.321. The Balaban J connectivity index is 2.36. The third kappa shape index (κ3) is 2.27. The molecule has 0 amide bonds. The molecule has 2 nitrogen and oxygen atoms in total. The highest BCUT2D eigenvalue weighted by molar-refractivity contribution is 5.69. The highest BCUT2D eigenvalue weighted by Gasteiger charge is 2.41. The van der Waals surface area contributed by atoms with Crippen molar-refractivity contribution in [1.82, 2.24) is 0 Å². The van der Waals surface area contributed by atoms with Gasteiger partial charge in [-0.3, -0.25) is 0 Å². The van der Waals surface area contributed by atoms with Gasteiger partial charge in [0, 0.05) is 7.11 Å². The molecule has 2 rings (SSSR count). The highest BCUT2D eigenvalue weighted by Crippen LogP contribution is 2.42. The molecular formula is C15H20O2. The van der Waals surface area contributed by atoms with Crippen molar-refractivity contribution < 1.29 is 9.53 Å². The first kappa shape index (κ1) is 12.3. The van der Waals surface area contributed by atoms with E-state index in [2.05, 4.69) is 12.1 Å². The molecule has 0 bridgehead atoms. The molecule has 1 fully saturated rings. The average molecular weight is 232 g/mol. The van der Waals surface area contributed by atoms with Gasteiger partial charge in [0.1, 0.15) is 6.29 Å². The van der Waals surface area contributed by atoms with Gasteiger partial charge in [-0.25, -0.2) is 0 Å². The number of rotatable bonds is 4. The van der Waals surface area contributed by atoms with Crippen molar-refractivity contribution in [3.05, 3.63) is 35.9 Å². The maximum atomic E-state index is 11.7. The van der Waals surface area contributed by atoms with Gasteiger partial charge in [-0.2, -0.15) is 0 Å². The number of benzene rings is 1. The number of aldehydes is 1. The maximum Gasteiger partial charge on any atom is 0.130 e. The SMILES string of the molecule is COCC1CCCC[C@@]1(C=O)c1ccccc1. The fourth-order valence-electron chi connectivity index (χ4n) is 3.05. The van der Waals surface area contributed by atoms with Crippen molar-refractivity contribution in [2.24, 2.45) is 5.92 Å². The van der Waals surface area contributed by atoms with E-state index in [1.165, 1.54) is 6.42 Å². The first-order valence-electron chi connectivity index (χ1n) is 6.34. The van der Waals surface area contributed by atoms with Crippen molar-refractivity contribution in [2.45, 2.75) is 31.1 Å². The second-order valence-corrected chi connectivity index (χ2v) is 4.92. The fraction of sp³-hybridized carbons (Fsp3) is 0.533. The van der Waals surface area contributed by atoms with E-state index < -0.39 is 0 Å². The quantitative estimate of drug-likeness (QED) is 0.746. The molecule has 0 radical (unpaired) electrons. The average Bonchev–Trinajstić information content (AvgIpc) is 2.41. The molecule has 92 valence electrons. The molecule has 0 saturated heterocycles. The minimum atomic E-state index is -0.324. The van der Waals surface area contributed by atoms with E-state index in [-0.39, 0.29) is 5.41 Å². The lowest BCUT2D eigenvalue weighted by Gasteiger charge is -2.40. The van der Waals surface area contributed by atoms with Crippen LogP contribution in [0.15, 0.2) is 30.3 Å². The molecule has 1 unspecified atom stereocenters. The molecule has 0 heterocycles. The van der Waals surface area contributed by atoms with Gasteiger partial charge in [0.2, 0.25) is 0 Å². The minimum absolute atomic E-state index is 0.321. The number of ether oxygens (including phenoxy) is 1. The van der Waals surface area contributed by atoms with Gasteiger partial charge in [0.05, 0.1) is 12.0 Å². The van der Waals surface area contributed by atoms with E-state index >= 15 is 0 Å². The summed E-state index contributed by atoms with van der Waals surface area (Å²) < 4.78 is 5.30. The van der Waals surface area contributed by atoms with Crippen molar-refractivity contribution in [1.29, 1.82) is 0 Å². The largest absolute Gasteiger partial charge is 0.384 e. The van der Waals surface area contributed by atoms with Crippen molar-refractivity contribution >= 4 is 6.29 Å². The molecule has 0 aliphatic heterocycles. The number of carbonyl (C=O) groups excluding carboxylic acids is 1. The zero-order chi connectivity index (χ0) is 12.1. The maximum absolute atomic E-state index is 11.7. The molecule has 1 aliphatic carbocycles. The summed E-state index contributed by atoms with van der Waals surface area (Å²) in [6.07, 6.45) is 5.53. The number of carbonyl (C=O) groups is 1.